The zero-order valence-electron chi connectivity index (χ0n) is 10.1. The Labute approximate surface area is 108 Å². The molecule has 2 rings (SSSR count). The van der Waals surface area contributed by atoms with Gasteiger partial charge in [0.1, 0.15) is 4.99 Å². The Morgan fingerprint density at radius 1 is 1.18 bits per heavy atom. The van der Waals surface area contributed by atoms with Crippen molar-refractivity contribution in [2.45, 2.75) is 32.1 Å². The van der Waals surface area contributed by atoms with Gasteiger partial charge in [-0.15, -0.1) is 0 Å². The van der Waals surface area contributed by atoms with Gasteiger partial charge < -0.3 is 10.6 Å². The van der Waals surface area contributed by atoms with Crippen LogP contribution >= 0.6 is 12.2 Å². The molecule has 1 aliphatic rings. The van der Waals surface area contributed by atoms with Crippen molar-refractivity contribution in [1.82, 2.24) is 4.98 Å². The molecule has 0 saturated carbocycles. The molecule has 1 aromatic rings. The lowest BCUT2D eigenvalue weighted by atomic mass is 10.1. The van der Waals surface area contributed by atoms with Crippen LogP contribution in [-0.2, 0) is 0 Å². The fourth-order valence-corrected chi connectivity index (χ4v) is 2.37. The highest BCUT2D eigenvalue weighted by Gasteiger charge is 2.10. The number of hydrogen-bond donors (Lipinski definition) is 1. The minimum absolute atomic E-state index is 0.374. The smallest absolute Gasteiger partial charge is 0.122 e. The van der Waals surface area contributed by atoms with E-state index in [0.717, 1.165) is 18.8 Å². The molecule has 92 valence electrons. The molecule has 1 aliphatic heterocycles. The van der Waals surface area contributed by atoms with Crippen LogP contribution in [0.3, 0.4) is 0 Å². The molecule has 0 amide bonds. The van der Waals surface area contributed by atoms with Gasteiger partial charge in [0.05, 0.1) is 5.69 Å². The Bertz CT molecular complexity index is 384. The van der Waals surface area contributed by atoms with Crippen LogP contribution < -0.4 is 10.6 Å². The Morgan fingerprint density at radius 3 is 2.47 bits per heavy atom. The summed E-state index contributed by atoms with van der Waals surface area (Å²) in [6.45, 7) is 2.25. The van der Waals surface area contributed by atoms with Crippen LogP contribution in [0.2, 0.25) is 0 Å². The number of nitrogens with zero attached hydrogens (tertiary/aromatic N) is 2. The molecule has 0 radical (unpaired) electrons. The minimum atomic E-state index is 0.374. The van der Waals surface area contributed by atoms with Gasteiger partial charge in [0.25, 0.3) is 0 Å². The first-order chi connectivity index (χ1) is 8.27. The predicted octanol–water partition coefficient (Wildman–Crippen LogP) is 2.49. The van der Waals surface area contributed by atoms with Gasteiger partial charge in [0.2, 0.25) is 0 Å². The zero-order valence-corrected chi connectivity index (χ0v) is 10.9. The lowest BCUT2D eigenvalue weighted by Crippen LogP contribution is -2.27. The van der Waals surface area contributed by atoms with E-state index < -0.39 is 0 Å². The monoisotopic (exact) mass is 249 g/mol. The molecule has 3 nitrogen and oxygen atoms in total. The van der Waals surface area contributed by atoms with E-state index in [2.05, 4.69) is 9.88 Å². The molecule has 2 heterocycles. The second-order valence-electron chi connectivity index (χ2n) is 4.52. The van der Waals surface area contributed by atoms with Crippen LogP contribution in [0.5, 0.6) is 0 Å². The zero-order chi connectivity index (χ0) is 12.1. The summed E-state index contributed by atoms with van der Waals surface area (Å²) in [6, 6.07) is 4.05. The summed E-state index contributed by atoms with van der Waals surface area (Å²) >= 11 is 4.97. The van der Waals surface area contributed by atoms with Gasteiger partial charge in [-0.1, -0.05) is 31.5 Å². The molecular formula is C13H19N3S. The molecule has 0 aliphatic carbocycles. The number of nitrogens with two attached hydrogens (primary N) is 1. The van der Waals surface area contributed by atoms with Gasteiger partial charge in [0.15, 0.2) is 0 Å². The molecule has 0 spiro atoms. The number of rotatable bonds is 2. The third-order valence-corrected chi connectivity index (χ3v) is 3.43. The van der Waals surface area contributed by atoms with Gasteiger partial charge in [-0.05, 0) is 25.0 Å². The molecule has 1 saturated heterocycles. The largest absolute Gasteiger partial charge is 0.388 e. The lowest BCUT2D eigenvalue weighted by Gasteiger charge is -2.27. The van der Waals surface area contributed by atoms with E-state index in [9.17, 15) is 0 Å². The molecular weight excluding hydrogens is 230 g/mol. The highest BCUT2D eigenvalue weighted by Crippen LogP contribution is 2.19. The van der Waals surface area contributed by atoms with Gasteiger partial charge in [0, 0.05) is 25.0 Å². The van der Waals surface area contributed by atoms with Crippen LogP contribution in [-0.4, -0.2) is 23.1 Å². The number of pyridine rings is 1. The molecule has 0 unspecified atom stereocenters. The molecule has 0 bridgehead atoms. The number of anilines is 1. The average Bonchev–Trinajstić information content (AvgIpc) is 2.28. The fourth-order valence-electron chi connectivity index (χ4n) is 2.26. The first-order valence-corrected chi connectivity index (χ1v) is 6.69. The first-order valence-electron chi connectivity index (χ1n) is 6.28. The summed E-state index contributed by atoms with van der Waals surface area (Å²) in [6.07, 6.45) is 8.38. The van der Waals surface area contributed by atoms with Crippen molar-refractivity contribution in [3.8, 4) is 0 Å². The normalized spacial score (nSPS) is 17.3. The molecule has 1 aromatic heterocycles. The van der Waals surface area contributed by atoms with Crippen molar-refractivity contribution < 1.29 is 0 Å². The Morgan fingerprint density at radius 2 is 1.82 bits per heavy atom. The van der Waals surface area contributed by atoms with Gasteiger partial charge in [-0.25, -0.2) is 0 Å². The summed E-state index contributed by atoms with van der Waals surface area (Å²) in [7, 11) is 0. The van der Waals surface area contributed by atoms with Crippen molar-refractivity contribution in [1.29, 1.82) is 0 Å². The second-order valence-corrected chi connectivity index (χ2v) is 4.96. The van der Waals surface area contributed by atoms with Crippen LogP contribution in [0.4, 0.5) is 5.69 Å². The highest BCUT2D eigenvalue weighted by atomic mass is 32.1. The maximum absolute atomic E-state index is 5.62. The van der Waals surface area contributed by atoms with E-state index in [4.69, 9.17) is 18.0 Å². The predicted molar refractivity (Wildman–Crippen MR) is 75.4 cm³/mol. The van der Waals surface area contributed by atoms with E-state index >= 15 is 0 Å². The third-order valence-electron chi connectivity index (χ3n) is 3.22. The van der Waals surface area contributed by atoms with Crippen LogP contribution in [0.25, 0.3) is 0 Å². The van der Waals surface area contributed by atoms with Gasteiger partial charge in [-0.2, -0.15) is 0 Å². The minimum Gasteiger partial charge on any atom is -0.388 e. The van der Waals surface area contributed by atoms with Crippen molar-refractivity contribution in [2.24, 2.45) is 5.73 Å². The molecule has 0 aromatic carbocycles. The van der Waals surface area contributed by atoms with Crippen LogP contribution in [0.15, 0.2) is 18.3 Å². The SMILES string of the molecule is NC(=S)c1cc(N2CCCCCCC2)ccn1. The van der Waals surface area contributed by atoms with Gasteiger partial charge >= 0.3 is 0 Å². The highest BCUT2D eigenvalue weighted by molar-refractivity contribution is 7.80. The molecule has 2 N–H and O–H groups in total. The number of thiocarbonyl (C=S) groups is 1. The van der Waals surface area contributed by atoms with Gasteiger partial charge in [-0.3, -0.25) is 4.98 Å². The molecule has 17 heavy (non-hydrogen) atoms. The summed E-state index contributed by atoms with van der Waals surface area (Å²) < 4.78 is 0. The van der Waals surface area contributed by atoms with Crippen LogP contribution in [0.1, 0.15) is 37.8 Å². The number of aromatic nitrogens is 1. The van der Waals surface area contributed by atoms with Crippen molar-refractivity contribution >= 4 is 22.9 Å². The van der Waals surface area contributed by atoms with Crippen molar-refractivity contribution in [3.63, 3.8) is 0 Å². The molecule has 4 heteroatoms. The summed E-state index contributed by atoms with van der Waals surface area (Å²) in [5.74, 6) is 0. The third kappa shape index (κ3) is 3.40. The summed E-state index contributed by atoms with van der Waals surface area (Å²) in [5, 5.41) is 0. The Hall–Kier alpha value is -1.16. The van der Waals surface area contributed by atoms with Crippen molar-refractivity contribution in [3.05, 3.63) is 24.0 Å². The quantitative estimate of drug-likeness (QED) is 0.818. The van der Waals surface area contributed by atoms with E-state index in [-0.39, 0.29) is 0 Å². The number of hydrogen-bond acceptors (Lipinski definition) is 3. The first kappa shape index (κ1) is 12.3. The van der Waals surface area contributed by atoms with E-state index in [1.165, 1.54) is 37.8 Å². The fraction of sp³-hybridized carbons (Fsp3) is 0.538. The summed E-state index contributed by atoms with van der Waals surface area (Å²) in [5.41, 5.74) is 7.54. The van der Waals surface area contributed by atoms with Crippen molar-refractivity contribution in [2.75, 3.05) is 18.0 Å². The Kier molecular flexibility index (Phi) is 4.31. The molecule has 1 fully saturated rings. The van der Waals surface area contributed by atoms with E-state index in [0.29, 0.717) is 4.99 Å². The van der Waals surface area contributed by atoms with E-state index in [1.807, 2.05) is 12.1 Å². The lowest BCUT2D eigenvalue weighted by molar-refractivity contribution is 0.556. The van der Waals surface area contributed by atoms with E-state index in [1.54, 1.807) is 6.20 Å². The second kappa shape index (κ2) is 5.96. The maximum Gasteiger partial charge on any atom is 0.122 e. The average molecular weight is 249 g/mol. The standard InChI is InChI=1S/C13H19N3S/c14-13(17)12-10-11(6-7-15-12)16-8-4-2-1-3-5-9-16/h6-7,10H,1-5,8-9H2,(H2,14,17). The molecule has 0 atom stereocenters. The van der Waals surface area contributed by atoms with Crippen LogP contribution in [0, 0.1) is 0 Å². The Balaban J connectivity index is 2.13. The topological polar surface area (TPSA) is 42.1 Å². The maximum atomic E-state index is 5.62. The summed E-state index contributed by atoms with van der Waals surface area (Å²) in [4.78, 5) is 6.98.